The molecule has 0 saturated heterocycles. The Hall–Kier alpha value is -2.72. The molecule has 27 heavy (non-hydrogen) atoms. The largest absolute Gasteiger partial charge is 0.322 e. The number of aryl methyl sites for hydroxylation is 2. The Labute approximate surface area is 164 Å². The molecule has 5 heteroatoms. The van der Waals surface area contributed by atoms with E-state index in [9.17, 15) is 4.79 Å². The molecule has 1 N–H and O–H groups in total. The first-order valence-electron chi connectivity index (χ1n) is 8.87. The third-order valence-corrected chi connectivity index (χ3v) is 4.70. The minimum atomic E-state index is -0.0956. The van der Waals surface area contributed by atoms with E-state index < -0.39 is 0 Å². The monoisotopic (exact) mass is 379 g/mol. The maximum absolute atomic E-state index is 12.7. The van der Waals surface area contributed by atoms with Gasteiger partial charge in [0.25, 0.3) is 5.91 Å². The van der Waals surface area contributed by atoms with Crippen molar-refractivity contribution >= 4 is 23.2 Å². The van der Waals surface area contributed by atoms with Crippen LogP contribution < -0.4 is 5.32 Å². The fourth-order valence-electron chi connectivity index (χ4n) is 3.01. The quantitative estimate of drug-likeness (QED) is 0.650. The predicted molar refractivity (Wildman–Crippen MR) is 109 cm³/mol. The third kappa shape index (κ3) is 4.92. The molecule has 0 spiro atoms. The number of amides is 1. The highest BCUT2D eigenvalue weighted by molar-refractivity contribution is 6.29. The minimum Gasteiger partial charge on any atom is -0.322 e. The van der Waals surface area contributed by atoms with Crippen molar-refractivity contribution < 1.29 is 4.79 Å². The molecule has 3 rings (SSSR count). The zero-order chi connectivity index (χ0) is 19.4. The van der Waals surface area contributed by atoms with Crippen molar-refractivity contribution in [3.05, 3.63) is 88.0 Å². The summed E-state index contributed by atoms with van der Waals surface area (Å²) in [4.78, 5) is 21.0. The van der Waals surface area contributed by atoms with Gasteiger partial charge in [0.05, 0.1) is 11.9 Å². The molecule has 2 aromatic carbocycles. The number of carbonyl (C=O) groups is 1. The second-order valence-corrected chi connectivity index (χ2v) is 7.22. The molecule has 0 fully saturated rings. The van der Waals surface area contributed by atoms with Gasteiger partial charge in [-0.25, -0.2) is 4.98 Å². The maximum Gasteiger partial charge on any atom is 0.255 e. The van der Waals surface area contributed by atoms with Crippen LogP contribution in [0.5, 0.6) is 0 Å². The molecule has 0 aliphatic rings. The number of nitrogens with zero attached hydrogens (tertiary/aromatic N) is 2. The van der Waals surface area contributed by atoms with Gasteiger partial charge in [-0.2, -0.15) is 0 Å². The molecule has 138 valence electrons. The van der Waals surface area contributed by atoms with Crippen molar-refractivity contribution in [3.63, 3.8) is 0 Å². The van der Waals surface area contributed by atoms with Gasteiger partial charge >= 0.3 is 0 Å². The molecule has 0 unspecified atom stereocenters. The number of rotatable bonds is 5. The van der Waals surface area contributed by atoms with Gasteiger partial charge in [-0.15, -0.1) is 0 Å². The Morgan fingerprint density at radius 3 is 2.74 bits per heavy atom. The first-order valence-corrected chi connectivity index (χ1v) is 9.25. The van der Waals surface area contributed by atoms with Crippen molar-refractivity contribution in [2.24, 2.45) is 0 Å². The van der Waals surface area contributed by atoms with E-state index in [0.717, 1.165) is 34.5 Å². The number of hydrogen-bond acceptors (Lipinski definition) is 3. The van der Waals surface area contributed by atoms with E-state index in [1.54, 1.807) is 6.20 Å². The molecule has 0 radical (unpaired) electrons. The SMILES string of the molecule is Cc1ccc(C)c(C(=O)Nc2cccc([C@H](C)Cc3cncc(Cl)n3)c2)c1. The molecule has 4 nitrogen and oxygen atoms in total. The van der Waals surface area contributed by atoms with Gasteiger partial charge in [-0.3, -0.25) is 9.78 Å². The van der Waals surface area contributed by atoms with Gasteiger partial charge in [-0.05, 0) is 55.5 Å². The Kier molecular flexibility index (Phi) is 5.87. The summed E-state index contributed by atoms with van der Waals surface area (Å²) in [5.74, 6) is 0.122. The average molecular weight is 380 g/mol. The molecule has 1 amide bonds. The van der Waals surface area contributed by atoms with Gasteiger partial charge in [-0.1, -0.05) is 48.4 Å². The fourth-order valence-corrected chi connectivity index (χ4v) is 3.18. The molecular weight excluding hydrogens is 358 g/mol. The Morgan fingerprint density at radius 1 is 1.15 bits per heavy atom. The van der Waals surface area contributed by atoms with Crippen LogP contribution in [-0.4, -0.2) is 15.9 Å². The molecule has 1 heterocycles. The lowest BCUT2D eigenvalue weighted by Gasteiger charge is -2.14. The molecule has 1 aromatic heterocycles. The summed E-state index contributed by atoms with van der Waals surface area (Å²) < 4.78 is 0. The molecule has 0 aliphatic heterocycles. The van der Waals surface area contributed by atoms with Gasteiger partial charge in [0.1, 0.15) is 5.15 Å². The van der Waals surface area contributed by atoms with Crippen LogP contribution >= 0.6 is 11.6 Å². The van der Waals surface area contributed by atoms with Gasteiger partial charge in [0.15, 0.2) is 0 Å². The lowest BCUT2D eigenvalue weighted by atomic mass is 9.96. The van der Waals surface area contributed by atoms with E-state index in [1.165, 1.54) is 6.20 Å². The van der Waals surface area contributed by atoms with Crippen LogP contribution in [0.3, 0.4) is 0 Å². The van der Waals surface area contributed by atoms with E-state index in [2.05, 4.69) is 28.3 Å². The van der Waals surface area contributed by atoms with Gasteiger partial charge < -0.3 is 5.32 Å². The van der Waals surface area contributed by atoms with E-state index in [0.29, 0.717) is 10.7 Å². The van der Waals surface area contributed by atoms with Crippen LogP contribution in [0.4, 0.5) is 5.69 Å². The van der Waals surface area contributed by atoms with Crippen molar-refractivity contribution in [1.29, 1.82) is 0 Å². The average Bonchev–Trinajstić information content (AvgIpc) is 2.64. The maximum atomic E-state index is 12.7. The summed E-state index contributed by atoms with van der Waals surface area (Å²) >= 11 is 5.92. The number of carbonyl (C=O) groups excluding carboxylic acids is 1. The summed E-state index contributed by atoms with van der Waals surface area (Å²) in [5, 5.41) is 3.40. The standard InChI is InChI=1S/C22H22ClN3O/c1-14-7-8-15(2)20(9-14)22(27)26-18-6-4-5-17(11-18)16(3)10-19-12-24-13-21(23)25-19/h4-9,11-13,16H,10H2,1-3H3,(H,26,27)/t16-/m1/s1. The van der Waals surface area contributed by atoms with Crippen LogP contribution in [0.15, 0.2) is 54.9 Å². The lowest BCUT2D eigenvalue weighted by molar-refractivity contribution is 0.102. The lowest BCUT2D eigenvalue weighted by Crippen LogP contribution is -2.14. The molecule has 0 saturated carbocycles. The number of benzene rings is 2. The highest BCUT2D eigenvalue weighted by Crippen LogP contribution is 2.23. The second kappa shape index (κ2) is 8.31. The van der Waals surface area contributed by atoms with Crippen LogP contribution in [0.2, 0.25) is 5.15 Å². The predicted octanol–water partition coefficient (Wildman–Crippen LogP) is 5.35. The van der Waals surface area contributed by atoms with Crippen LogP contribution in [0, 0.1) is 13.8 Å². The van der Waals surface area contributed by atoms with Crippen LogP contribution in [-0.2, 0) is 6.42 Å². The van der Waals surface area contributed by atoms with Gasteiger partial charge in [0.2, 0.25) is 0 Å². The van der Waals surface area contributed by atoms with Crippen molar-refractivity contribution in [2.75, 3.05) is 5.32 Å². The molecule has 0 aliphatic carbocycles. The van der Waals surface area contributed by atoms with Crippen LogP contribution in [0.25, 0.3) is 0 Å². The Balaban J connectivity index is 1.75. The topological polar surface area (TPSA) is 54.9 Å². The van der Waals surface area contributed by atoms with Crippen molar-refractivity contribution in [3.8, 4) is 0 Å². The zero-order valence-electron chi connectivity index (χ0n) is 15.7. The number of nitrogens with one attached hydrogen (secondary N) is 1. The third-order valence-electron chi connectivity index (χ3n) is 4.52. The summed E-state index contributed by atoms with van der Waals surface area (Å²) in [6, 6.07) is 13.8. The highest BCUT2D eigenvalue weighted by atomic mass is 35.5. The second-order valence-electron chi connectivity index (χ2n) is 6.84. The Bertz CT molecular complexity index is 971. The molecule has 3 aromatic rings. The fraction of sp³-hybridized carbons (Fsp3) is 0.227. The number of hydrogen-bond donors (Lipinski definition) is 1. The van der Waals surface area contributed by atoms with Crippen molar-refractivity contribution in [1.82, 2.24) is 9.97 Å². The van der Waals surface area contributed by atoms with Crippen LogP contribution in [0.1, 0.15) is 45.6 Å². The number of aromatic nitrogens is 2. The van der Waals surface area contributed by atoms with E-state index in [-0.39, 0.29) is 11.8 Å². The van der Waals surface area contributed by atoms with E-state index >= 15 is 0 Å². The number of halogens is 1. The molecule has 1 atom stereocenters. The summed E-state index contributed by atoms with van der Waals surface area (Å²) in [5.41, 5.74) is 5.47. The van der Waals surface area contributed by atoms with Crippen molar-refractivity contribution in [2.45, 2.75) is 33.1 Å². The summed E-state index contributed by atoms with van der Waals surface area (Å²) in [6.45, 7) is 6.05. The molecular formula is C22H22ClN3O. The summed E-state index contributed by atoms with van der Waals surface area (Å²) in [7, 11) is 0. The van der Waals surface area contributed by atoms with E-state index in [1.807, 2.05) is 50.2 Å². The first kappa shape index (κ1) is 19.1. The first-order chi connectivity index (χ1) is 12.9. The smallest absolute Gasteiger partial charge is 0.255 e. The normalized spacial score (nSPS) is 11.9. The Morgan fingerprint density at radius 2 is 1.96 bits per heavy atom. The minimum absolute atomic E-state index is 0.0956. The van der Waals surface area contributed by atoms with Gasteiger partial charge in [0, 0.05) is 17.4 Å². The number of anilines is 1. The van der Waals surface area contributed by atoms with E-state index in [4.69, 9.17) is 11.6 Å². The molecule has 0 bridgehead atoms. The summed E-state index contributed by atoms with van der Waals surface area (Å²) in [6.07, 6.45) is 3.98. The highest BCUT2D eigenvalue weighted by Gasteiger charge is 2.12. The zero-order valence-corrected chi connectivity index (χ0v) is 16.4.